The third-order valence-corrected chi connectivity index (χ3v) is 3.71. The molecule has 3 aromatic rings. The standard InChI is InChI=1S/C17H12FNO3S/c18-12-8-6-11(7-9-12)14-13(10-4-2-1-3-5-10)19-16(22-14)15(23)17(20)21/h1-9,15,23H,(H,20,21). The van der Waals surface area contributed by atoms with Gasteiger partial charge in [0.15, 0.2) is 11.0 Å². The van der Waals surface area contributed by atoms with Crippen molar-refractivity contribution in [2.24, 2.45) is 0 Å². The fourth-order valence-electron chi connectivity index (χ4n) is 2.15. The van der Waals surface area contributed by atoms with Gasteiger partial charge in [0.1, 0.15) is 11.5 Å². The zero-order valence-corrected chi connectivity index (χ0v) is 12.7. The lowest BCUT2D eigenvalue weighted by Gasteiger charge is -2.01. The summed E-state index contributed by atoms with van der Waals surface area (Å²) in [5, 5.41) is 7.91. The number of aromatic nitrogens is 1. The summed E-state index contributed by atoms with van der Waals surface area (Å²) in [6, 6.07) is 14.9. The minimum Gasteiger partial charge on any atom is -0.480 e. The summed E-state index contributed by atoms with van der Waals surface area (Å²) < 4.78 is 18.8. The third-order valence-electron chi connectivity index (χ3n) is 3.27. The molecule has 2 aromatic carbocycles. The van der Waals surface area contributed by atoms with E-state index >= 15 is 0 Å². The van der Waals surface area contributed by atoms with Gasteiger partial charge in [-0.3, -0.25) is 4.79 Å². The molecule has 3 rings (SSSR count). The normalized spacial score (nSPS) is 12.1. The molecule has 23 heavy (non-hydrogen) atoms. The van der Waals surface area contributed by atoms with E-state index in [1.54, 1.807) is 12.1 Å². The van der Waals surface area contributed by atoms with E-state index in [2.05, 4.69) is 17.6 Å². The van der Waals surface area contributed by atoms with E-state index in [0.29, 0.717) is 17.0 Å². The van der Waals surface area contributed by atoms with Crippen LogP contribution in [0.1, 0.15) is 11.1 Å². The van der Waals surface area contributed by atoms with Crippen LogP contribution in [-0.2, 0) is 4.79 Å². The smallest absolute Gasteiger partial charge is 0.325 e. The summed E-state index contributed by atoms with van der Waals surface area (Å²) in [7, 11) is 0. The lowest BCUT2D eigenvalue weighted by Crippen LogP contribution is -2.05. The maximum atomic E-state index is 13.1. The Hall–Kier alpha value is -2.60. The highest BCUT2D eigenvalue weighted by Crippen LogP contribution is 2.35. The number of hydrogen-bond acceptors (Lipinski definition) is 4. The molecule has 0 aliphatic heterocycles. The molecule has 0 spiro atoms. The largest absolute Gasteiger partial charge is 0.480 e. The fourth-order valence-corrected chi connectivity index (χ4v) is 2.26. The van der Waals surface area contributed by atoms with Crippen LogP contribution < -0.4 is 0 Å². The van der Waals surface area contributed by atoms with Crippen LogP contribution in [0, 0.1) is 5.82 Å². The number of nitrogens with zero attached hydrogens (tertiary/aromatic N) is 1. The number of rotatable bonds is 4. The third kappa shape index (κ3) is 3.12. The summed E-state index contributed by atoms with van der Waals surface area (Å²) in [5.74, 6) is -1.15. The molecule has 1 heterocycles. The van der Waals surface area contributed by atoms with E-state index < -0.39 is 11.2 Å². The monoisotopic (exact) mass is 329 g/mol. The Morgan fingerprint density at radius 3 is 2.35 bits per heavy atom. The van der Waals surface area contributed by atoms with Gasteiger partial charge >= 0.3 is 5.97 Å². The second kappa shape index (κ2) is 6.26. The molecule has 1 N–H and O–H groups in total. The van der Waals surface area contributed by atoms with Gasteiger partial charge < -0.3 is 9.52 Å². The first kappa shape index (κ1) is 15.3. The van der Waals surface area contributed by atoms with Crippen LogP contribution in [0.4, 0.5) is 4.39 Å². The Bertz CT molecular complexity index is 831. The second-order valence-electron chi connectivity index (χ2n) is 4.84. The van der Waals surface area contributed by atoms with E-state index in [1.807, 2.05) is 30.3 Å². The summed E-state index contributed by atoms with van der Waals surface area (Å²) in [4.78, 5) is 15.4. The Balaban J connectivity index is 2.16. The van der Waals surface area contributed by atoms with Gasteiger partial charge in [-0.25, -0.2) is 9.37 Å². The van der Waals surface area contributed by atoms with Crippen molar-refractivity contribution in [1.29, 1.82) is 0 Å². The second-order valence-corrected chi connectivity index (χ2v) is 5.36. The van der Waals surface area contributed by atoms with Crippen molar-refractivity contribution >= 4 is 18.6 Å². The van der Waals surface area contributed by atoms with Crippen molar-refractivity contribution in [3.8, 4) is 22.6 Å². The van der Waals surface area contributed by atoms with Gasteiger partial charge in [0, 0.05) is 11.1 Å². The molecule has 1 aromatic heterocycles. The predicted octanol–water partition coefficient (Wildman–Crippen LogP) is 4.20. The van der Waals surface area contributed by atoms with Crippen molar-refractivity contribution in [3.05, 3.63) is 66.3 Å². The molecule has 0 aliphatic rings. The van der Waals surface area contributed by atoms with E-state index in [9.17, 15) is 9.18 Å². The lowest BCUT2D eigenvalue weighted by atomic mass is 10.1. The zero-order valence-electron chi connectivity index (χ0n) is 11.8. The molecule has 0 saturated carbocycles. The molecule has 0 saturated heterocycles. The van der Waals surface area contributed by atoms with Crippen LogP contribution in [-0.4, -0.2) is 16.1 Å². The molecular formula is C17H12FNO3S. The number of hydrogen-bond donors (Lipinski definition) is 2. The van der Waals surface area contributed by atoms with Crippen molar-refractivity contribution in [2.75, 3.05) is 0 Å². The van der Waals surface area contributed by atoms with Crippen molar-refractivity contribution in [3.63, 3.8) is 0 Å². The minimum atomic E-state index is -1.17. The molecule has 0 aliphatic carbocycles. The number of benzene rings is 2. The highest BCUT2D eigenvalue weighted by atomic mass is 32.1. The number of aliphatic carboxylic acids is 1. The van der Waals surface area contributed by atoms with Crippen LogP contribution in [0.2, 0.25) is 0 Å². The number of carboxylic acid groups (broad SMARTS) is 1. The van der Waals surface area contributed by atoms with Crippen LogP contribution in [0.25, 0.3) is 22.6 Å². The van der Waals surface area contributed by atoms with Crippen molar-refractivity contribution in [2.45, 2.75) is 5.25 Å². The number of oxazole rings is 1. The maximum Gasteiger partial charge on any atom is 0.325 e. The summed E-state index contributed by atoms with van der Waals surface area (Å²) in [6.45, 7) is 0. The summed E-state index contributed by atoms with van der Waals surface area (Å²) in [6.07, 6.45) is 0. The Labute approximate surface area is 137 Å². The zero-order chi connectivity index (χ0) is 16.4. The van der Waals surface area contributed by atoms with Gasteiger partial charge in [-0.15, -0.1) is 0 Å². The first-order valence-electron chi connectivity index (χ1n) is 6.79. The Morgan fingerprint density at radius 1 is 1.09 bits per heavy atom. The van der Waals surface area contributed by atoms with Crippen molar-refractivity contribution in [1.82, 2.24) is 4.98 Å². The Kier molecular flexibility index (Phi) is 4.16. The predicted molar refractivity (Wildman–Crippen MR) is 86.7 cm³/mol. The summed E-state index contributed by atoms with van der Waals surface area (Å²) >= 11 is 4.00. The Morgan fingerprint density at radius 2 is 1.74 bits per heavy atom. The van der Waals surface area contributed by atoms with Crippen LogP contribution >= 0.6 is 12.6 Å². The maximum absolute atomic E-state index is 13.1. The molecule has 0 amide bonds. The van der Waals surface area contributed by atoms with Crippen LogP contribution in [0.5, 0.6) is 0 Å². The number of carboxylic acids is 1. The SMILES string of the molecule is O=C(O)C(S)c1nc(-c2ccccc2)c(-c2ccc(F)cc2)o1. The first-order valence-corrected chi connectivity index (χ1v) is 7.31. The van der Waals surface area contributed by atoms with E-state index in [4.69, 9.17) is 9.52 Å². The average molecular weight is 329 g/mol. The fraction of sp³-hybridized carbons (Fsp3) is 0.0588. The molecule has 1 unspecified atom stereocenters. The van der Waals surface area contributed by atoms with Crippen molar-refractivity contribution < 1.29 is 18.7 Å². The minimum absolute atomic E-state index is 0.0148. The van der Waals surface area contributed by atoms with E-state index in [-0.39, 0.29) is 11.7 Å². The lowest BCUT2D eigenvalue weighted by molar-refractivity contribution is -0.136. The van der Waals surface area contributed by atoms with Gasteiger partial charge in [-0.1, -0.05) is 30.3 Å². The van der Waals surface area contributed by atoms with Gasteiger partial charge in [0.2, 0.25) is 5.89 Å². The van der Waals surface area contributed by atoms with E-state index in [0.717, 1.165) is 5.56 Å². The van der Waals surface area contributed by atoms with Gasteiger partial charge in [0.25, 0.3) is 0 Å². The molecular weight excluding hydrogens is 317 g/mol. The number of halogens is 1. The number of thiol groups is 1. The molecule has 4 nitrogen and oxygen atoms in total. The first-order chi connectivity index (χ1) is 11.1. The summed E-state index contributed by atoms with van der Waals surface area (Å²) in [5.41, 5.74) is 1.87. The molecule has 0 fully saturated rings. The quantitative estimate of drug-likeness (QED) is 0.704. The van der Waals surface area contributed by atoms with Gasteiger partial charge in [-0.2, -0.15) is 12.6 Å². The highest BCUT2D eigenvalue weighted by Gasteiger charge is 2.25. The molecule has 116 valence electrons. The van der Waals surface area contributed by atoms with E-state index in [1.165, 1.54) is 12.1 Å². The van der Waals surface area contributed by atoms with Gasteiger partial charge in [-0.05, 0) is 24.3 Å². The molecule has 6 heteroatoms. The number of carbonyl (C=O) groups is 1. The van der Waals surface area contributed by atoms with Crippen LogP contribution in [0.3, 0.4) is 0 Å². The highest BCUT2D eigenvalue weighted by molar-refractivity contribution is 7.81. The molecule has 0 bridgehead atoms. The van der Waals surface area contributed by atoms with Gasteiger partial charge in [0.05, 0.1) is 0 Å². The van der Waals surface area contributed by atoms with Crippen LogP contribution in [0.15, 0.2) is 59.0 Å². The molecule has 1 atom stereocenters. The topological polar surface area (TPSA) is 63.3 Å². The molecule has 0 radical (unpaired) electrons. The average Bonchev–Trinajstić information content (AvgIpc) is 3.00.